The molecule has 4 heterocycles. The Hall–Kier alpha value is -4.51. The van der Waals surface area contributed by atoms with E-state index in [2.05, 4.69) is 55.4 Å². The molecule has 230 valence electrons. The highest BCUT2D eigenvalue weighted by Gasteiger charge is 2.51. The van der Waals surface area contributed by atoms with E-state index >= 15 is 0 Å². The number of hydrogen-bond acceptors (Lipinski definition) is 7. The zero-order valence-corrected chi connectivity index (χ0v) is 25.8. The van der Waals surface area contributed by atoms with Gasteiger partial charge in [-0.1, -0.05) is 30.3 Å². The molecular formula is C33H41N9O2. The summed E-state index contributed by atoms with van der Waals surface area (Å²) in [5.41, 5.74) is 4.72. The van der Waals surface area contributed by atoms with Crippen LogP contribution in [-0.4, -0.2) is 109 Å². The average molecular weight is 596 g/mol. The van der Waals surface area contributed by atoms with Gasteiger partial charge in [0.05, 0.1) is 17.5 Å². The number of aromatic nitrogens is 2. The van der Waals surface area contributed by atoms with Gasteiger partial charge < -0.3 is 20.1 Å². The number of rotatable bonds is 8. The van der Waals surface area contributed by atoms with Crippen molar-refractivity contribution in [2.24, 2.45) is 15.5 Å². The Morgan fingerprint density at radius 1 is 1.14 bits per heavy atom. The van der Waals surface area contributed by atoms with Gasteiger partial charge in [-0.3, -0.25) is 19.6 Å². The molecule has 6 rings (SSSR count). The Labute approximate surface area is 258 Å². The van der Waals surface area contributed by atoms with Crippen LogP contribution in [0.15, 0.2) is 58.6 Å². The summed E-state index contributed by atoms with van der Waals surface area (Å²) < 4.78 is 0. The number of H-pyrrole nitrogens is 1. The van der Waals surface area contributed by atoms with Crippen LogP contribution in [0.2, 0.25) is 0 Å². The first-order valence-electron chi connectivity index (χ1n) is 15.4. The van der Waals surface area contributed by atoms with Gasteiger partial charge >= 0.3 is 0 Å². The number of fused-ring (bicyclic) bond motifs is 1. The number of benzene rings is 2. The summed E-state index contributed by atoms with van der Waals surface area (Å²) in [6.45, 7) is 10.2. The fourth-order valence-corrected chi connectivity index (χ4v) is 6.66. The lowest BCUT2D eigenvalue weighted by atomic mass is 9.85. The Morgan fingerprint density at radius 2 is 1.93 bits per heavy atom. The standard InChI is InChI=1S/C33H41N9O2/c1-5-35-31-27-20-26(10-11-28(27)36-37-31)42-19-15-33(32(42)44)14-18-40(22-33)21-29(43)41-16-12-24(13-17-41)23-6-8-25(9-7-23)30(34-2)38-39(3)4/h6-12,20H,2,5,13-19,21-22H2,1,3-4H3,(H2,35,36,37)/b38-30-/t33-/m0/s1. The number of anilines is 2. The molecule has 2 amide bonds. The Morgan fingerprint density at radius 3 is 2.64 bits per heavy atom. The van der Waals surface area contributed by atoms with E-state index in [1.54, 1.807) is 5.01 Å². The van der Waals surface area contributed by atoms with Gasteiger partial charge in [0, 0.05) is 63.5 Å². The molecule has 0 bridgehead atoms. The molecule has 3 aliphatic rings. The van der Waals surface area contributed by atoms with Crippen molar-refractivity contribution in [1.82, 2.24) is 25.0 Å². The second kappa shape index (κ2) is 12.2. The fourth-order valence-electron chi connectivity index (χ4n) is 6.66. The number of hydrazone groups is 1. The van der Waals surface area contributed by atoms with E-state index in [1.807, 2.05) is 61.2 Å². The maximum absolute atomic E-state index is 13.8. The van der Waals surface area contributed by atoms with Crippen molar-refractivity contribution in [2.75, 3.05) is 70.1 Å². The summed E-state index contributed by atoms with van der Waals surface area (Å²) in [5.74, 6) is 1.68. The molecule has 2 N–H and O–H groups in total. The molecule has 1 aromatic heterocycles. The predicted molar refractivity (Wildman–Crippen MR) is 176 cm³/mol. The van der Waals surface area contributed by atoms with E-state index in [9.17, 15) is 9.59 Å². The van der Waals surface area contributed by atoms with Gasteiger partial charge in [-0.2, -0.15) is 10.2 Å². The lowest BCUT2D eigenvalue weighted by molar-refractivity contribution is -0.132. The van der Waals surface area contributed by atoms with Crippen molar-refractivity contribution in [2.45, 2.75) is 26.2 Å². The number of hydrogen-bond donors (Lipinski definition) is 2. The van der Waals surface area contributed by atoms with Crippen LogP contribution in [-0.2, 0) is 9.59 Å². The van der Waals surface area contributed by atoms with Gasteiger partial charge in [0.1, 0.15) is 0 Å². The first kappa shape index (κ1) is 29.6. The third-order valence-corrected chi connectivity index (χ3v) is 9.03. The zero-order valence-electron chi connectivity index (χ0n) is 25.8. The normalized spacial score (nSPS) is 20.9. The number of nitrogens with zero attached hydrogens (tertiary/aromatic N) is 7. The molecule has 0 aliphatic carbocycles. The summed E-state index contributed by atoms with van der Waals surface area (Å²) >= 11 is 0. The van der Waals surface area contributed by atoms with Crippen molar-refractivity contribution >= 4 is 52.3 Å². The topological polar surface area (TPSA) is 113 Å². The number of amides is 2. The van der Waals surface area contributed by atoms with Crippen LogP contribution in [0.1, 0.15) is 37.3 Å². The largest absolute Gasteiger partial charge is 0.368 e. The molecular weight excluding hydrogens is 554 g/mol. The van der Waals surface area contributed by atoms with Gasteiger partial charge in [0.15, 0.2) is 11.7 Å². The summed E-state index contributed by atoms with van der Waals surface area (Å²) in [4.78, 5) is 37.1. The lowest BCUT2D eigenvalue weighted by Gasteiger charge is -2.29. The minimum absolute atomic E-state index is 0.123. The molecule has 0 saturated carbocycles. The molecule has 2 saturated heterocycles. The van der Waals surface area contributed by atoms with Crippen molar-refractivity contribution in [3.63, 3.8) is 0 Å². The minimum atomic E-state index is -0.421. The van der Waals surface area contributed by atoms with Crippen molar-refractivity contribution in [1.29, 1.82) is 0 Å². The van der Waals surface area contributed by atoms with Crippen LogP contribution in [0.4, 0.5) is 11.5 Å². The maximum atomic E-state index is 13.8. The SMILES string of the molecule is C=N/C(=N\N(C)C)c1ccc(C2=CCN(C(=O)CN3CC[C@]4(CCN(c5ccc6[nH]nc(NCC)c6c5)C4=O)C3)CC2)cc1. The Kier molecular flexibility index (Phi) is 8.22. The highest BCUT2D eigenvalue weighted by Crippen LogP contribution is 2.43. The van der Waals surface area contributed by atoms with Gasteiger partial charge in [-0.25, -0.2) is 4.99 Å². The lowest BCUT2D eigenvalue weighted by Crippen LogP contribution is -2.43. The summed E-state index contributed by atoms with van der Waals surface area (Å²) in [6, 6.07) is 14.2. The number of aromatic amines is 1. The van der Waals surface area contributed by atoms with E-state index in [0.717, 1.165) is 65.9 Å². The first-order chi connectivity index (χ1) is 21.3. The molecule has 11 heteroatoms. The summed E-state index contributed by atoms with van der Waals surface area (Å²) in [6.07, 6.45) is 4.55. The van der Waals surface area contributed by atoms with Crippen LogP contribution in [0.5, 0.6) is 0 Å². The molecule has 1 atom stereocenters. The smallest absolute Gasteiger partial charge is 0.237 e. The average Bonchev–Trinajstić information content (AvgIpc) is 3.73. The van der Waals surface area contributed by atoms with E-state index < -0.39 is 5.41 Å². The first-order valence-corrected chi connectivity index (χ1v) is 15.4. The van der Waals surface area contributed by atoms with Crippen LogP contribution >= 0.6 is 0 Å². The van der Waals surface area contributed by atoms with Crippen LogP contribution in [0.3, 0.4) is 0 Å². The third kappa shape index (κ3) is 5.71. The summed E-state index contributed by atoms with van der Waals surface area (Å²) in [7, 11) is 3.71. The number of nitrogens with one attached hydrogen (secondary N) is 2. The zero-order chi connectivity index (χ0) is 30.8. The third-order valence-electron chi connectivity index (χ3n) is 9.03. The second-order valence-electron chi connectivity index (χ2n) is 12.1. The number of carbonyl (C=O) groups is 2. The molecule has 44 heavy (non-hydrogen) atoms. The van der Waals surface area contributed by atoms with Crippen LogP contribution < -0.4 is 10.2 Å². The second-order valence-corrected chi connectivity index (χ2v) is 12.1. The summed E-state index contributed by atoms with van der Waals surface area (Å²) in [5, 5.41) is 17.8. The molecule has 3 aromatic rings. The Bertz CT molecular complexity index is 1620. The van der Waals surface area contributed by atoms with Crippen LogP contribution in [0.25, 0.3) is 16.5 Å². The molecule has 3 aliphatic heterocycles. The molecule has 2 aromatic carbocycles. The monoisotopic (exact) mass is 595 g/mol. The van der Waals surface area contributed by atoms with Crippen LogP contribution in [0, 0.1) is 5.41 Å². The minimum Gasteiger partial charge on any atom is -0.368 e. The predicted octanol–water partition coefficient (Wildman–Crippen LogP) is 3.66. The number of likely N-dealkylation sites (tertiary alicyclic amines) is 1. The van der Waals surface area contributed by atoms with E-state index in [4.69, 9.17) is 0 Å². The van der Waals surface area contributed by atoms with E-state index in [1.165, 1.54) is 5.57 Å². The maximum Gasteiger partial charge on any atom is 0.237 e. The van der Waals surface area contributed by atoms with Gasteiger partial charge in [-0.15, -0.1) is 0 Å². The quantitative estimate of drug-likeness (QED) is 0.234. The van der Waals surface area contributed by atoms with Gasteiger partial charge in [-0.05, 0) is 68.8 Å². The van der Waals surface area contributed by atoms with Gasteiger partial charge in [0.2, 0.25) is 11.8 Å². The van der Waals surface area contributed by atoms with Crippen molar-refractivity contribution < 1.29 is 9.59 Å². The highest BCUT2D eigenvalue weighted by atomic mass is 16.2. The van der Waals surface area contributed by atoms with Gasteiger partial charge in [0.25, 0.3) is 0 Å². The number of aliphatic imine (C=N–C) groups is 1. The van der Waals surface area contributed by atoms with E-state index in [-0.39, 0.29) is 11.8 Å². The highest BCUT2D eigenvalue weighted by molar-refractivity contribution is 6.03. The molecule has 1 spiro atoms. The van der Waals surface area contributed by atoms with Crippen molar-refractivity contribution in [3.8, 4) is 0 Å². The molecule has 11 nitrogen and oxygen atoms in total. The fraction of sp³-hybridized carbons (Fsp3) is 0.424. The molecule has 0 unspecified atom stereocenters. The Balaban J connectivity index is 1.05. The number of carbonyl (C=O) groups excluding carboxylic acids is 2. The number of amidine groups is 1. The van der Waals surface area contributed by atoms with Crippen molar-refractivity contribution in [3.05, 3.63) is 59.7 Å². The molecule has 0 radical (unpaired) electrons. The molecule has 2 fully saturated rings. The van der Waals surface area contributed by atoms with E-state index in [0.29, 0.717) is 38.6 Å².